The van der Waals surface area contributed by atoms with E-state index >= 15 is 0 Å². The predicted molar refractivity (Wildman–Crippen MR) is 34.0 cm³/mol. The van der Waals surface area contributed by atoms with Crippen LogP contribution in [0.5, 0.6) is 0 Å². The van der Waals surface area contributed by atoms with E-state index in [1.165, 1.54) is 0 Å². The second-order valence-electron chi connectivity index (χ2n) is 1.59. The lowest BCUT2D eigenvalue weighted by Gasteiger charge is -1.96. The summed E-state index contributed by atoms with van der Waals surface area (Å²) in [5.74, 6) is 0. The van der Waals surface area contributed by atoms with E-state index in [0.717, 1.165) is 0 Å². The third-order valence-electron chi connectivity index (χ3n) is 0.584. The lowest BCUT2D eigenvalue weighted by Crippen LogP contribution is -2.15. The van der Waals surface area contributed by atoms with Crippen LogP contribution in [0.15, 0.2) is 0 Å². The molecule has 0 bridgehead atoms. The molecule has 0 fully saturated rings. The Morgan fingerprint density at radius 3 is 2.11 bits per heavy atom. The predicted octanol–water partition coefficient (Wildman–Crippen LogP) is -0.583. The van der Waals surface area contributed by atoms with E-state index in [4.69, 9.17) is 20.7 Å². The summed E-state index contributed by atoms with van der Waals surface area (Å²) in [6.45, 7) is 1.83. The van der Waals surface area contributed by atoms with Crippen LogP contribution in [0, 0.1) is 0 Å². The molecule has 0 aliphatic heterocycles. The van der Waals surface area contributed by atoms with E-state index in [9.17, 15) is 0 Å². The molecule has 9 heavy (non-hydrogen) atoms. The molecule has 0 spiro atoms. The Bertz CT molecular complexity index is 56.2. The summed E-state index contributed by atoms with van der Waals surface area (Å²) >= 11 is 0. The summed E-state index contributed by atoms with van der Waals surface area (Å²) in [5.41, 5.74) is 5.24. The van der Waals surface area contributed by atoms with Crippen molar-refractivity contribution in [3.05, 3.63) is 0 Å². The highest BCUT2D eigenvalue weighted by Crippen LogP contribution is 1.79. The minimum atomic E-state index is -0.250. The second kappa shape index (κ2) is 10.4. The van der Waals surface area contributed by atoms with E-state index in [0.29, 0.717) is 6.42 Å². The first-order valence-electron chi connectivity index (χ1n) is 2.63. The van der Waals surface area contributed by atoms with Crippen molar-refractivity contribution in [3.8, 4) is 0 Å². The maximum atomic E-state index is 8.36. The highest BCUT2D eigenvalue weighted by molar-refractivity contribution is 5.32. The third kappa shape index (κ3) is 37.6. The third-order valence-corrected chi connectivity index (χ3v) is 0.584. The van der Waals surface area contributed by atoms with Gasteiger partial charge in [0.05, 0.1) is 0 Å². The SMILES string of the molecule is CC(N)CCO.O=CO. The Morgan fingerprint density at radius 2 is 2.11 bits per heavy atom. The fourth-order valence-corrected chi connectivity index (χ4v) is 0.204. The number of aliphatic hydroxyl groups excluding tert-OH is 1. The van der Waals surface area contributed by atoms with Crippen LogP contribution in [0.1, 0.15) is 13.3 Å². The molecule has 0 aromatic carbocycles. The Morgan fingerprint density at radius 1 is 1.78 bits per heavy atom. The molecular weight excluding hydrogens is 122 g/mol. The van der Waals surface area contributed by atoms with Gasteiger partial charge in [-0.3, -0.25) is 4.79 Å². The Labute approximate surface area is 54.3 Å². The Balaban J connectivity index is 0. The van der Waals surface area contributed by atoms with Gasteiger partial charge in [0.1, 0.15) is 0 Å². The summed E-state index contributed by atoms with van der Waals surface area (Å²) in [4.78, 5) is 8.36. The summed E-state index contributed by atoms with van der Waals surface area (Å²) < 4.78 is 0. The minimum absolute atomic E-state index is 0.148. The Kier molecular flexibility index (Phi) is 13.0. The standard InChI is InChI=1S/C4H11NO.CH2O2/c1-4(5)2-3-6;2-1-3/h4,6H,2-3,5H2,1H3;1H,(H,2,3). The smallest absolute Gasteiger partial charge is 0.290 e. The molecular formula is C5H13NO3. The first kappa shape index (κ1) is 11.2. The van der Waals surface area contributed by atoms with Gasteiger partial charge in [-0.05, 0) is 13.3 Å². The van der Waals surface area contributed by atoms with Crippen molar-refractivity contribution in [1.29, 1.82) is 0 Å². The summed E-state index contributed by atoms with van der Waals surface area (Å²) in [5, 5.41) is 15.0. The van der Waals surface area contributed by atoms with E-state index in [1.54, 1.807) is 0 Å². The molecule has 0 saturated carbocycles. The van der Waals surface area contributed by atoms with Gasteiger partial charge in [-0.2, -0.15) is 0 Å². The first-order chi connectivity index (χ1) is 4.18. The topological polar surface area (TPSA) is 83.5 Å². The normalized spacial score (nSPS) is 11.0. The van der Waals surface area contributed by atoms with Gasteiger partial charge in [-0.25, -0.2) is 0 Å². The van der Waals surface area contributed by atoms with Gasteiger partial charge in [-0.15, -0.1) is 0 Å². The van der Waals surface area contributed by atoms with Crippen molar-refractivity contribution in [3.63, 3.8) is 0 Å². The average molecular weight is 135 g/mol. The molecule has 0 amide bonds. The highest BCUT2D eigenvalue weighted by Gasteiger charge is 1.86. The Hall–Kier alpha value is -0.610. The van der Waals surface area contributed by atoms with Crippen LogP contribution in [0.4, 0.5) is 0 Å². The number of hydrogen-bond donors (Lipinski definition) is 3. The van der Waals surface area contributed by atoms with Crippen LogP contribution in [-0.4, -0.2) is 29.3 Å². The van der Waals surface area contributed by atoms with Gasteiger partial charge in [0.25, 0.3) is 6.47 Å². The minimum Gasteiger partial charge on any atom is -0.483 e. The molecule has 4 N–H and O–H groups in total. The van der Waals surface area contributed by atoms with Crippen LogP contribution in [0.3, 0.4) is 0 Å². The molecule has 4 heteroatoms. The van der Waals surface area contributed by atoms with Gasteiger partial charge < -0.3 is 15.9 Å². The number of hydrogen-bond acceptors (Lipinski definition) is 3. The van der Waals surface area contributed by atoms with Crippen LogP contribution in [0.2, 0.25) is 0 Å². The van der Waals surface area contributed by atoms with Crippen molar-refractivity contribution in [2.24, 2.45) is 5.73 Å². The molecule has 0 aromatic heterocycles. The number of rotatable bonds is 2. The van der Waals surface area contributed by atoms with Gasteiger partial charge >= 0.3 is 0 Å². The zero-order valence-electron chi connectivity index (χ0n) is 5.45. The number of carbonyl (C=O) groups is 1. The zero-order chi connectivity index (χ0) is 7.70. The monoisotopic (exact) mass is 135 g/mol. The quantitative estimate of drug-likeness (QED) is 0.442. The molecule has 0 rings (SSSR count). The van der Waals surface area contributed by atoms with Gasteiger partial charge in [-0.1, -0.05) is 0 Å². The molecule has 0 aliphatic carbocycles. The molecule has 0 heterocycles. The van der Waals surface area contributed by atoms with Crippen LogP contribution >= 0.6 is 0 Å². The molecule has 1 atom stereocenters. The summed E-state index contributed by atoms with van der Waals surface area (Å²) in [7, 11) is 0. The lowest BCUT2D eigenvalue weighted by molar-refractivity contribution is -0.122. The van der Waals surface area contributed by atoms with Crippen LogP contribution < -0.4 is 5.73 Å². The molecule has 0 aromatic rings. The van der Waals surface area contributed by atoms with Gasteiger partial charge in [0.2, 0.25) is 0 Å². The zero-order valence-corrected chi connectivity index (χ0v) is 5.45. The fourth-order valence-electron chi connectivity index (χ4n) is 0.204. The maximum Gasteiger partial charge on any atom is 0.290 e. The summed E-state index contributed by atoms with van der Waals surface area (Å²) in [6.07, 6.45) is 0.708. The maximum absolute atomic E-state index is 8.36. The van der Waals surface area contributed by atoms with E-state index in [1.807, 2.05) is 6.92 Å². The largest absolute Gasteiger partial charge is 0.483 e. The highest BCUT2D eigenvalue weighted by atomic mass is 16.3. The van der Waals surface area contributed by atoms with E-state index in [2.05, 4.69) is 0 Å². The molecule has 0 saturated heterocycles. The van der Waals surface area contributed by atoms with Crippen molar-refractivity contribution >= 4 is 6.47 Å². The van der Waals surface area contributed by atoms with Crippen molar-refractivity contribution in [1.82, 2.24) is 0 Å². The van der Waals surface area contributed by atoms with Crippen molar-refractivity contribution in [2.75, 3.05) is 6.61 Å². The molecule has 1 unspecified atom stereocenters. The van der Waals surface area contributed by atoms with Crippen molar-refractivity contribution in [2.45, 2.75) is 19.4 Å². The fraction of sp³-hybridized carbons (Fsp3) is 0.800. The molecule has 56 valence electrons. The van der Waals surface area contributed by atoms with Gasteiger partial charge in [0, 0.05) is 12.6 Å². The molecule has 0 aliphatic rings. The average Bonchev–Trinajstić information content (AvgIpc) is 1.67. The number of nitrogens with two attached hydrogens (primary N) is 1. The van der Waals surface area contributed by atoms with Crippen LogP contribution in [0.25, 0.3) is 0 Å². The van der Waals surface area contributed by atoms with Gasteiger partial charge in [0.15, 0.2) is 0 Å². The lowest BCUT2D eigenvalue weighted by atomic mass is 10.3. The number of aliphatic hydroxyl groups is 1. The first-order valence-corrected chi connectivity index (χ1v) is 2.63. The van der Waals surface area contributed by atoms with Crippen molar-refractivity contribution < 1.29 is 15.0 Å². The number of carboxylic acid groups (broad SMARTS) is 1. The van der Waals surface area contributed by atoms with E-state index < -0.39 is 0 Å². The summed E-state index contributed by atoms with van der Waals surface area (Å²) in [6, 6.07) is 0.148. The molecule has 4 nitrogen and oxygen atoms in total. The molecule has 0 radical (unpaired) electrons. The second-order valence-corrected chi connectivity index (χ2v) is 1.59. The van der Waals surface area contributed by atoms with Crippen LogP contribution in [-0.2, 0) is 4.79 Å². The van der Waals surface area contributed by atoms with E-state index in [-0.39, 0.29) is 19.1 Å².